The zero-order chi connectivity index (χ0) is 11.5. The molecular formula is C12H23N3O. The first-order valence-electron chi connectivity index (χ1n) is 6.41. The highest BCUT2D eigenvalue weighted by molar-refractivity contribution is 5.80. The van der Waals surface area contributed by atoms with Crippen LogP contribution in [-0.4, -0.2) is 54.6 Å². The zero-order valence-corrected chi connectivity index (χ0v) is 10.4. The molecule has 0 radical (unpaired) electrons. The van der Waals surface area contributed by atoms with Gasteiger partial charge in [-0.3, -0.25) is 10.1 Å². The highest BCUT2D eigenvalue weighted by atomic mass is 16.2. The van der Waals surface area contributed by atoms with E-state index in [1.807, 2.05) is 4.90 Å². The second kappa shape index (κ2) is 5.15. The van der Waals surface area contributed by atoms with E-state index >= 15 is 0 Å². The molecule has 1 amide bonds. The lowest BCUT2D eigenvalue weighted by atomic mass is 10.2. The molecule has 0 aromatic heterocycles. The Balaban J connectivity index is 1.75. The summed E-state index contributed by atoms with van der Waals surface area (Å²) in [7, 11) is 2.19. The quantitative estimate of drug-likeness (QED) is 0.762. The summed E-state index contributed by atoms with van der Waals surface area (Å²) in [6, 6.07) is 0.751. The maximum atomic E-state index is 11.6. The molecule has 1 aliphatic heterocycles. The third-order valence-corrected chi connectivity index (χ3v) is 3.98. The molecule has 1 aliphatic carbocycles. The molecule has 2 fully saturated rings. The lowest BCUT2D eigenvalue weighted by molar-refractivity contribution is -0.127. The number of carbonyl (C=O) groups excluding carboxylic acids is 1. The van der Waals surface area contributed by atoms with Crippen molar-refractivity contribution in [3.05, 3.63) is 0 Å². The predicted octanol–water partition coefficient (Wildman–Crippen LogP) is 0.639. The maximum Gasteiger partial charge on any atom is 0.237 e. The van der Waals surface area contributed by atoms with Crippen LogP contribution in [0.15, 0.2) is 0 Å². The van der Waals surface area contributed by atoms with Gasteiger partial charge in [-0.1, -0.05) is 12.8 Å². The van der Waals surface area contributed by atoms with E-state index in [1.165, 1.54) is 25.7 Å². The maximum absolute atomic E-state index is 11.6. The van der Waals surface area contributed by atoms with Crippen LogP contribution in [0.1, 0.15) is 32.6 Å². The lowest BCUT2D eigenvalue weighted by Gasteiger charge is -2.28. The number of rotatable bonds is 4. The number of nitrogens with zero attached hydrogens (tertiary/aromatic N) is 2. The molecule has 16 heavy (non-hydrogen) atoms. The van der Waals surface area contributed by atoms with Gasteiger partial charge in [0.25, 0.3) is 0 Å². The van der Waals surface area contributed by atoms with E-state index in [2.05, 4.69) is 24.2 Å². The molecule has 1 N–H and O–H groups in total. The average Bonchev–Trinajstić information content (AvgIpc) is 2.87. The Bertz CT molecular complexity index is 251. The van der Waals surface area contributed by atoms with Crippen molar-refractivity contribution in [1.82, 2.24) is 15.1 Å². The van der Waals surface area contributed by atoms with Gasteiger partial charge in [0.2, 0.25) is 5.91 Å². The summed E-state index contributed by atoms with van der Waals surface area (Å²) in [6.45, 7) is 4.43. The van der Waals surface area contributed by atoms with Crippen molar-refractivity contribution in [2.45, 2.75) is 44.8 Å². The Morgan fingerprint density at radius 3 is 2.69 bits per heavy atom. The molecule has 1 saturated carbocycles. The molecule has 0 aromatic carbocycles. The minimum atomic E-state index is 0.212. The number of hydrogen-bond acceptors (Lipinski definition) is 3. The van der Waals surface area contributed by atoms with E-state index in [4.69, 9.17) is 0 Å². The van der Waals surface area contributed by atoms with Crippen LogP contribution in [0.3, 0.4) is 0 Å². The first-order chi connectivity index (χ1) is 7.68. The van der Waals surface area contributed by atoms with E-state index < -0.39 is 0 Å². The van der Waals surface area contributed by atoms with Crippen molar-refractivity contribution in [2.24, 2.45) is 0 Å². The van der Waals surface area contributed by atoms with E-state index in [0.29, 0.717) is 6.54 Å². The molecule has 4 heteroatoms. The minimum absolute atomic E-state index is 0.212. The normalized spacial score (nSPS) is 27.3. The highest BCUT2D eigenvalue weighted by Crippen LogP contribution is 2.22. The van der Waals surface area contributed by atoms with Gasteiger partial charge in [0, 0.05) is 19.1 Å². The second-order valence-electron chi connectivity index (χ2n) is 5.06. The number of nitrogens with one attached hydrogen (secondary N) is 1. The van der Waals surface area contributed by atoms with E-state index in [9.17, 15) is 4.79 Å². The molecule has 0 spiro atoms. The summed E-state index contributed by atoms with van der Waals surface area (Å²) in [5.74, 6) is 0.243. The van der Waals surface area contributed by atoms with Gasteiger partial charge in [0.15, 0.2) is 0 Å². The van der Waals surface area contributed by atoms with Gasteiger partial charge in [0.1, 0.15) is 0 Å². The summed E-state index contributed by atoms with van der Waals surface area (Å²) >= 11 is 0. The van der Waals surface area contributed by atoms with Crippen molar-refractivity contribution in [3.8, 4) is 0 Å². The van der Waals surface area contributed by atoms with Crippen LogP contribution in [0, 0.1) is 0 Å². The molecule has 1 unspecified atom stereocenters. The van der Waals surface area contributed by atoms with Gasteiger partial charge in [-0.2, -0.15) is 0 Å². The van der Waals surface area contributed by atoms with Gasteiger partial charge in [-0.15, -0.1) is 0 Å². The summed E-state index contributed by atoms with van der Waals surface area (Å²) in [5.41, 5.74) is 0. The Hall–Kier alpha value is -0.610. The fourth-order valence-corrected chi connectivity index (χ4v) is 2.77. The van der Waals surface area contributed by atoms with Gasteiger partial charge in [-0.05, 0) is 26.8 Å². The second-order valence-corrected chi connectivity index (χ2v) is 5.06. The average molecular weight is 225 g/mol. The molecular weight excluding hydrogens is 202 g/mol. The molecule has 1 heterocycles. The third-order valence-electron chi connectivity index (χ3n) is 3.98. The van der Waals surface area contributed by atoms with Gasteiger partial charge >= 0.3 is 0 Å². The van der Waals surface area contributed by atoms with Crippen LogP contribution in [0.5, 0.6) is 0 Å². The number of hydrogen-bond donors (Lipinski definition) is 1. The van der Waals surface area contributed by atoms with Crippen LogP contribution in [0.2, 0.25) is 0 Å². The van der Waals surface area contributed by atoms with Crippen molar-refractivity contribution in [2.75, 3.05) is 26.7 Å². The SMILES string of the molecule is CC1NCC(=O)N1CCN(C)C1CCCC1. The topological polar surface area (TPSA) is 35.6 Å². The lowest BCUT2D eigenvalue weighted by Crippen LogP contribution is -2.42. The summed E-state index contributed by atoms with van der Waals surface area (Å²) in [6.07, 6.45) is 5.62. The minimum Gasteiger partial charge on any atom is -0.325 e. The van der Waals surface area contributed by atoms with Crippen LogP contribution < -0.4 is 5.32 Å². The fourth-order valence-electron chi connectivity index (χ4n) is 2.77. The van der Waals surface area contributed by atoms with Gasteiger partial charge < -0.3 is 9.80 Å². The van der Waals surface area contributed by atoms with Gasteiger partial charge in [-0.25, -0.2) is 0 Å². The van der Waals surface area contributed by atoms with Crippen molar-refractivity contribution in [3.63, 3.8) is 0 Å². The standard InChI is InChI=1S/C12H23N3O/c1-10-13-9-12(16)15(10)8-7-14(2)11-5-3-4-6-11/h10-11,13H,3-9H2,1-2H3. The summed E-state index contributed by atoms with van der Waals surface area (Å²) in [5, 5.41) is 3.17. The van der Waals surface area contributed by atoms with Crippen LogP contribution in [-0.2, 0) is 4.79 Å². The molecule has 4 nitrogen and oxygen atoms in total. The summed E-state index contributed by atoms with van der Waals surface area (Å²) in [4.78, 5) is 15.9. The van der Waals surface area contributed by atoms with E-state index in [-0.39, 0.29) is 12.1 Å². The first kappa shape index (κ1) is 11.9. The molecule has 2 rings (SSSR count). The molecule has 0 bridgehead atoms. The van der Waals surface area contributed by atoms with Crippen molar-refractivity contribution in [1.29, 1.82) is 0 Å². The predicted molar refractivity (Wildman–Crippen MR) is 64.1 cm³/mol. The number of likely N-dealkylation sites (N-methyl/N-ethyl adjacent to an activating group) is 1. The Morgan fingerprint density at radius 2 is 2.12 bits per heavy atom. The Morgan fingerprint density at radius 1 is 1.44 bits per heavy atom. The summed E-state index contributed by atoms with van der Waals surface area (Å²) < 4.78 is 0. The molecule has 0 aromatic rings. The highest BCUT2D eigenvalue weighted by Gasteiger charge is 2.27. The number of carbonyl (C=O) groups is 1. The van der Waals surface area contributed by atoms with Crippen LogP contribution in [0.25, 0.3) is 0 Å². The molecule has 2 aliphatic rings. The smallest absolute Gasteiger partial charge is 0.237 e. The largest absolute Gasteiger partial charge is 0.325 e. The number of amides is 1. The third kappa shape index (κ3) is 2.55. The fraction of sp³-hybridized carbons (Fsp3) is 0.917. The Labute approximate surface area is 98.0 Å². The molecule has 1 atom stereocenters. The van der Waals surface area contributed by atoms with Crippen molar-refractivity contribution >= 4 is 5.91 Å². The molecule has 92 valence electrons. The zero-order valence-electron chi connectivity index (χ0n) is 10.4. The Kier molecular flexibility index (Phi) is 3.82. The van der Waals surface area contributed by atoms with E-state index in [1.54, 1.807) is 0 Å². The van der Waals surface area contributed by atoms with Gasteiger partial charge in [0.05, 0.1) is 12.7 Å². The van der Waals surface area contributed by atoms with Crippen LogP contribution in [0.4, 0.5) is 0 Å². The molecule has 1 saturated heterocycles. The first-order valence-corrected chi connectivity index (χ1v) is 6.41. The van der Waals surface area contributed by atoms with Crippen LogP contribution >= 0.6 is 0 Å². The van der Waals surface area contributed by atoms with Crippen molar-refractivity contribution < 1.29 is 4.79 Å². The van der Waals surface area contributed by atoms with E-state index in [0.717, 1.165) is 19.1 Å². The monoisotopic (exact) mass is 225 g/mol.